The number of alkyl halides is 3. The second-order valence-electron chi connectivity index (χ2n) is 5.81. The summed E-state index contributed by atoms with van der Waals surface area (Å²) in [6.07, 6.45) is -2.97. The van der Waals surface area contributed by atoms with Crippen LogP contribution in [0.1, 0.15) is 29.7 Å². The third kappa shape index (κ3) is 7.03. The number of nitrogens with one attached hydrogen (secondary N) is 1. The zero-order valence-corrected chi connectivity index (χ0v) is 14.5. The van der Waals surface area contributed by atoms with E-state index in [1.165, 1.54) is 10.4 Å². The highest BCUT2D eigenvalue weighted by Crippen LogP contribution is 2.24. The van der Waals surface area contributed by atoms with Crippen LogP contribution >= 0.6 is 11.3 Å². The summed E-state index contributed by atoms with van der Waals surface area (Å²) in [5.74, 6) is -0.335. The summed E-state index contributed by atoms with van der Waals surface area (Å²) in [4.78, 5) is 26.9. The van der Waals surface area contributed by atoms with Crippen molar-refractivity contribution in [1.29, 1.82) is 0 Å². The molecule has 5 nitrogen and oxygen atoms in total. The van der Waals surface area contributed by atoms with Crippen molar-refractivity contribution in [2.45, 2.75) is 38.4 Å². The number of carbonyl (C=O) groups excluding carboxylic acids is 2. The maximum atomic E-state index is 12.2. The van der Waals surface area contributed by atoms with Crippen LogP contribution in [0.5, 0.6) is 0 Å². The van der Waals surface area contributed by atoms with Gasteiger partial charge in [-0.25, -0.2) is 0 Å². The number of fused-ring (bicyclic) bond motifs is 1. The Morgan fingerprint density at radius 2 is 2.12 bits per heavy atom. The van der Waals surface area contributed by atoms with E-state index in [-0.39, 0.29) is 37.8 Å². The first-order chi connectivity index (χ1) is 11.8. The summed E-state index contributed by atoms with van der Waals surface area (Å²) < 4.78 is 40.0. The number of thiophene rings is 1. The van der Waals surface area contributed by atoms with E-state index < -0.39 is 12.8 Å². The summed E-state index contributed by atoms with van der Waals surface area (Å²) in [7, 11) is 0. The van der Waals surface area contributed by atoms with Gasteiger partial charge in [0, 0.05) is 44.0 Å². The molecule has 0 spiro atoms. The van der Waals surface area contributed by atoms with Gasteiger partial charge in [-0.05, 0) is 29.9 Å². The van der Waals surface area contributed by atoms with Gasteiger partial charge in [-0.3, -0.25) is 9.59 Å². The molecule has 25 heavy (non-hydrogen) atoms. The number of hydrogen-bond acceptors (Lipinski definition) is 4. The fraction of sp³-hybridized carbons (Fsp3) is 0.625. The highest BCUT2D eigenvalue weighted by Gasteiger charge is 2.27. The molecule has 1 N–H and O–H groups in total. The first kappa shape index (κ1) is 19.7. The van der Waals surface area contributed by atoms with Crippen molar-refractivity contribution in [2.75, 3.05) is 26.3 Å². The van der Waals surface area contributed by atoms with Crippen LogP contribution in [-0.4, -0.2) is 49.2 Å². The average molecular weight is 378 g/mol. The number of carbonyl (C=O) groups is 2. The highest BCUT2D eigenvalue weighted by atomic mass is 32.1. The Labute approximate surface area is 148 Å². The molecule has 0 aliphatic carbocycles. The van der Waals surface area contributed by atoms with Gasteiger partial charge in [0.15, 0.2) is 0 Å². The predicted molar refractivity (Wildman–Crippen MR) is 87.2 cm³/mol. The van der Waals surface area contributed by atoms with Crippen LogP contribution < -0.4 is 5.32 Å². The second kappa shape index (κ2) is 9.19. The van der Waals surface area contributed by atoms with Gasteiger partial charge in [0.1, 0.15) is 6.61 Å². The normalized spacial score (nSPS) is 14.3. The van der Waals surface area contributed by atoms with Gasteiger partial charge in [-0.15, -0.1) is 11.3 Å². The molecule has 0 saturated heterocycles. The monoisotopic (exact) mass is 378 g/mol. The molecular weight excluding hydrogens is 357 g/mol. The van der Waals surface area contributed by atoms with E-state index in [1.807, 2.05) is 11.4 Å². The molecule has 1 aliphatic rings. The molecule has 0 aromatic carbocycles. The van der Waals surface area contributed by atoms with E-state index in [1.54, 1.807) is 16.2 Å². The lowest BCUT2D eigenvalue weighted by Gasteiger charge is -2.27. The van der Waals surface area contributed by atoms with E-state index in [9.17, 15) is 22.8 Å². The van der Waals surface area contributed by atoms with Gasteiger partial charge in [-0.2, -0.15) is 13.2 Å². The molecular formula is C16H21F3N2O3S. The van der Waals surface area contributed by atoms with E-state index in [0.717, 1.165) is 6.42 Å². The topological polar surface area (TPSA) is 58.6 Å². The van der Waals surface area contributed by atoms with Gasteiger partial charge >= 0.3 is 6.18 Å². The molecule has 0 radical (unpaired) electrons. The third-order valence-corrected chi connectivity index (χ3v) is 4.80. The van der Waals surface area contributed by atoms with Crippen LogP contribution in [0.25, 0.3) is 0 Å². The number of halogens is 3. The number of hydrogen-bond donors (Lipinski definition) is 1. The van der Waals surface area contributed by atoms with Crippen LogP contribution in [0.3, 0.4) is 0 Å². The third-order valence-electron chi connectivity index (χ3n) is 3.78. The number of ether oxygens (including phenoxy) is 1. The Morgan fingerprint density at radius 3 is 2.88 bits per heavy atom. The molecule has 140 valence electrons. The fourth-order valence-corrected chi connectivity index (χ4v) is 3.41. The van der Waals surface area contributed by atoms with Gasteiger partial charge in [-0.1, -0.05) is 0 Å². The second-order valence-corrected chi connectivity index (χ2v) is 6.81. The van der Waals surface area contributed by atoms with Crippen molar-refractivity contribution >= 4 is 23.2 Å². The average Bonchev–Trinajstić information content (AvgIpc) is 3.02. The van der Waals surface area contributed by atoms with Crippen LogP contribution in [0, 0.1) is 0 Å². The molecule has 0 atom stereocenters. The smallest absolute Gasteiger partial charge is 0.372 e. The van der Waals surface area contributed by atoms with Crippen LogP contribution in [-0.2, 0) is 27.3 Å². The molecule has 9 heteroatoms. The minimum absolute atomic E-state index is 0.0551. The van der Waals surface area contributed by atoms with Gasteiger partial charge in [0.05, 0.1) is 0 Å². The van der Waals surface area contributed by atoms with Gasteiger partial charge < -0.3 is 15.0 Å². The van der Waals surface area contributed by atoms with Crippen molar-refractivity contribution < 1.29 is 27.5 Å². The number of amides is 2. The molecule has 0 fully saturated rings. The van der Waals surface area contributed by atoms with E-state index >= 15 is 0 Å². The van der Waals surface area contributed by atoms with Crippen LogP contribution in [0.2, 0.25) is 0 Å². The summed E-state index contributed by atoms with van der Waals surface area (Å²) in [6.45, 7) is 0.139. The Kier molecular flexibility index (Phi) is 7.24. The lowest BCUT2D eigenvalue weighted by Crippen LogP contribution is -2.36. The molecule has 1 aliphatic heterocycles. The zero-order chi connectivity index (χ0) is 18.3. The molecule has 0 saturated carbocycles. The maximum Gasteiger partial charge on any atom is 0.411 e. The summed E-state index contributed by atoms with van der Waals surface area (Å²) in [5, 5.41) is 4.60. The van der Waals surface area contributed by atoms with Crippen molar-refractivity contribution in [1.82, 2.24) is 10.2 Å². The van der Waals surface area contributed by atoms with Crippen molar-refractivity contribution in [2.24, 2.45) is 0 Å². The molecule has 0 bridgehead atoms. The SMILES string of the molecule is O=C(CCC(=O)N1CCc2sccc2C1)NCCCOCC(F)(F)F. The predicted octanol–water partition coefficient (Wildman–Crippen LogP) is 2.50. The Hall–Kier alpha value is -1.61. The van der Waals surface area contributed by atoms with Crippen molar-refractivity contribution in [3.63, 3.8) is 0 Å². The fourth-order valence-electron chi connectivity index (χ4n) is 2.52. The minimum Gasteiger partial charge on any atom is -0.372 e. The van der Waals surface area contributed by atoms with Crippen molar-refractivity contribution in [3.8, 4) is 0 Å². The molecule has 0 unspecified atom stereocenters. The first-order valence-corrected chi connectivity index (χ1v) is 8.97. The Bertz CT molecular complexity index is 589. The van der Waals surface area contributed by atoms with E-state index in [2.05, 4.69) is 10.1 Å². The van der Waals surface area contributed by atoms with Crippen LogP contribution in [0.15, 0.2) is 11.4 Å². The maximum absolute atomic E-state index is 12.2. The largest absolute Gasteiger partial charge is 0.411 e. The summed E-state index contributed by atoms with van der Waals surface area (Å²) in [6, 6.07) is 2.02. The van der Waals surface area contributed by atoms with Crippen LogP contribution in [0.4, 0.5) is 13.2 Å². The Morgan fingerprint density at radius 1 is 1.32 bits per heavy atom. The quantitative estimate of drug-likeness (QED) is 0.707. The molecule has 2 amide bonds. The first-order valence-electron chi connectivity index (χ1n) is 8.09. The number of nitrogens with zero attached hydrogens (tertiary/aromatic N) is 1. The molecule has 2 heterocycles. The lowest BCUT2D eigenvalue weighted by molar-refractivity contribution is -0.174. The van der Waals surface area contributed by atoms with Gasteiger partial charge in [0.2, 0.25) is 11.8 Å². The zero-order valence-electron chi connectivity index (χ0n) is 13.7. The molecule has 2 rings (SSSR count). The Balaban J connectivity index is 1.55. The summed E-state index contributed by atoms with van der Waals surface area (Å²) in [5.41, 5.74) is 1.17. The summed E-state index contributed by atoms with van der Waals surface area (Å²) >= 11 is 1.70. The molecule has 1 aromatic heterocycles. The lowest BCUT2D eigenvalue weighted by atomic mass is 10.1. The van der Waals surface area contributed by atoms with Gasteiger partial charge in [0.25, 0.3) is 0 Å². The highest BCUT2D eigenvalue weighted by molar-refractivity contribution is 7.10. The molecule has 1 aromatic rings. The standard InChI is InChI=1S/C16H21F3N2O3S/c17-16(18,19)11-24-8-1-6-20-14(22)2-3-15(23)21-7-4-13-12(10-21)5-9-25-13/h5,9H,1-4,6-8,10-11H2,(H,20,22). The van der Waals surface area contributed by atoms with E-state index in [0.29, 0.717) is 19.5 Å². The van der Waals surface area contributed by atoms with E-state index in [4.69, 9.17) is 0 Å². The van der Waals surface area contributed by atoms with Crippen molar-refractivity contribution in [3.05, 3.63) is 21.9 Å². The minimum atomic E-state index is -4.33. The number of rotatable bonds is 8.